The normalized spacial score (nSPS) is 11.4. The maximum Gasteiger partial charge on any atom is 0.264 e. The van der Waals surface area contributed by atoms with Crippen LogP contribution in [-0.4, -0.2) is 33.2 Å². The number of anilines is 1. The van der Waals surface area contributed by atoms with E-state index in [9.17, 15) is 13.2 Å². The van der Waals surface area contributed by atoms with E-state index in [1.165, 1.54) is 16.4 Å². The van der Waals surface area contributed by atoms with Gasteiger partial charge in [-0.15, -0.1) is 0 Å². The molecule has 0 radical (unpaired) electrons. The number of nitrogens with zero attached hydrogens (tertiary/aromatic N) is 1. The molecule has 0 saturated carbocycles. The van der Waals surface area contributed by atoms with Crippen LogP contribution in [0.4, 0.5) is 5.69 Å². The molecular formula is C26H29ClN2O3S2. The van der Waals surface area contributed by atoms with Crippen LogP contribution in [0.3, 0.4) is 0 Å². The van der Waals surface area contributed by atoms with Crippen LogP contribution in [0.2, 0.25) is 5.02 Å². The second kappa shape index (κ2) is 12.3. The summed E-state index contributed by atoms with van der Waals surface area (Å²) in [4.78, 5) is 12.9. The van der Waals surface area contributed by atoms with Crippen LogP contribution in [0.5, 0.6) is 0 Å². The Bertz CT molecular complexity index is 1180. The van der Waals surface area contributed by atoms with Crippen molar-refractivity contribution in [2.45, 2.75) is 30.4 Å². The SMILES string of the molecule is CC(C)c1ccc(N(CC(=O)NCCSCc2cccc(Cl)c2)S(=O)(=O)c2ccccc2)cc1. The fourth-order valence-corrected chi connectivity index (χ4v) is 5.79. The highest BCUT2D eigenvalue weighted by atomic mass is 35.5. The highest BCUT2D eigenvalue weighted by molar-refractivity contribution is 7.98. The first kappa shape index (κ1) is 26.1. The summed E-state index contributed by atoms with van der Waals surface area (Å²) in [6, 6.07) is 23.2. The number of sulfonamides is 1. The van der Waals surface area contributed by atoms with Crippen LogP contribution >= 0.6 is 23.4 Å². The Morgan fingerprint density at radius 3 is 2.35 bits per heavy atom. The van der Waals surface area contributed by atoms with Crippen molar-refractivity contribution in [3.8, 4) is 0 Å². The van der Waals surface area contributed by atoms with Gasteiger partial charge in [-0.2, -0.15) is 11.8 Å². The summed E-state index contributed by atoms with van der Waals surface area (Å²) < 4.78 is 27.9. The van der Waals surface area contributed by atoms with Crippen molar-refractivity contribution < 1.29 is 13.2 Å². The number of rotatable bonds is 11. The Hall–Kier alpha value is -2.48. The van der Waals surface area contributed by atoms with Crippen molar-refractivity contribution in [2.75, 3.05) is 23.1 Å². The Labute approximate surface area is 211 Å². The maximum atomic E-state index is 13.4. The van der Waals surface area contributed by atoms with Gasteiger partial charge in [-0.05, 0) is 53.4 Å². The topological polar surface area (TPSA) is 66.5 Å². The van der Waals surface area contributed by atoms with Gasteiger partial charge in [0.25, 0.3) is 10.0 Å². The van der Waals surface area contributed by atoms with E-state index in [1.54, 1.807) is 42.1 Å². The van der Waals surface area contributed by atoms with E-state index in [2.05, 4.69) is 19.2 Å². The van der Waals surface area contributed by atoms with Crippen molar-refractivity contribution in [3.63, 3.8) is 0 Å². The van der Waals surface area contributed by atoms with Crippen LogP contribution in [0.25, 0.3) is 0 Å². The number of halogens is 1. The molecule has 0 saturated heterocycles. The van der Waals surface area contributed by atoms with Gasteiger partial charge < -0.3 is 5.32 Å². The van der Waals surface area contributed by atoms with Crippen molar-refractivity contribution in [2.24, 2.45) is 0 Å². The van der Waals surface area contributed by atoms with E-state index in [1.807, 2.05) is 36.4 Å². The standard InChI is InChI=1S/C26H29ClN2O3S2/c1-20(2)22-11-13-24(14-12-22)29(34(31,32)25-9-4-3-5-10-25)18-26(30)28-15-16-33-19-21-7-6-8-23(27)17-21/h3-14,17,20H,15-16,18-19H2,1-2H3,(H,28,30). The number of hydrogen-bond donors (Lipinski definition) is 1. The summed E-state index contributed by atoms with van der Waals surface area (Å²) in [5, 5.41) is 3.54. The molecule has 8 heteroatoms. The van der Waals surface area contributed by atoms with Gasteiger partial charge in [0.05, 0.1) is 10.6 Å². The third kappa shape index (κ3) is 7.26. The quantitative estimate of drug-likeness (QED) is 0.331. The van der Waals surface area contributed by atoms with Crippen molar-refractivity contribution in [1.82, 2.24) is 5.32 Å². The zero-order valence-corrected chi connectivity index (χ0v) is 21.7. The molecule has 1 amide bonds. The Balaban J connectivity index is 1.65. The summed E-state index contributed by atoms with van der Waals surface area (Å²) in [5.74, 6) is 1.46. The lowest BCUT2D eigenvalue weighted by Crippen LogP contribution is -2.41. The number of thioether (sulfide) groups is 1. The molecule has 5 nitrogen and oxygen atoms in total. The molecule has 3 aromatic rings. The Morgan fingerprint density at radius 2 is 1.71 bits per heavy atom. The summed E-state index contributed by atoms with van der Waals surface area (Å²) in [6.07, 6.45) is 0. The minimum absolute atomic E-state index is 0.146. The van der Waals surface area contributed by atoms with Gasteiger partial charge in [-0.25, -0.2) is 8.42 Å². The molecule has 180 valence electrons. The molecule has 3 aromatic carbocycles. The molecule has 0 aliphatic carbocycles. The highest BCUT2D eigenvalue weighted by Gasteiger charge is 2.27. The average molecular weight is 517 g/mol. The largest absolute Gasteiger partial charge is 0.354 e. The lowest BCUT2D eigenvalue weighted by molar-refractivity contribution is -0.119. The summed E-state index contributed by atoms with van der Waals surface area (Å²) in [6.45, 7) is 4.30. The van der Waals surface area contributed by atoms with Gasteiger partial charge in [-0.3, -0.25) is 9.10 Å². The summed E-state index contributed by atoms with van der Waals surface area (Å²) in [5.41, 5.74) is 2.68. The van der Waals surface area contributed by atoms with Crippen molar-refractivity contribution in [1.29, 1.82) is 0 Å². The van der Waals surface area contributed by atoms with Gasteiger partial charge in [0.2, 0.25) is 5.91 Å². The van der Waals surface area contributed by atoms with Crippen LogP contribution in [0.15, 0.2) is 83.8 Å². The molecule has 0 aliphatic heterocycles. The number of carbonyl (C=O) groups is 1. The second-order valence-electron chi connectivity index (χ2n) is 8.10. The highest BCUT2D eigenvalue weighted by Crippen LogP contribution is 2.25. The van der Waals surface area contributed by atoms with Gasteiger partial charge in [0.15, 0.2) is 0 Å². The smallest absolute Gasteiger partial charge is 0.264 e. The fraction of sp³-hybridized carbons (Fsp3) is 0.269. The predicted octanol–water partition coefficient (Wildman–Crippen LogP) is 5.71. The van der Waals surface area contributed by atoms with Gasteiger partial charge in [0, 0.05) is 23.1 Å². The number of hydrogen-bond acceptors (Lipinski definition) is 4. The number of amides is 1. The van der Waals surface area contributed by atoms with Gasteiger partial charge >= 0.3 is 0 Å². The average Bonchev–Trinajstić information content (AvgIpc) is 2.83. The fourth-order valence-electron chi connectivity index (χ4n) is 3.33. The molecular weight excluding hydrogens is 488 g/mol. The molecule has 1 N–H and O–H groups in total. The van der Waals surface area contributed by atoms with E-state index in [-0.39, 0.29) is 17.3 Å². The molecule has 0 unspecified atom stereocenters. The first-order valence-electron chi connectivity index (χ1n) is 11.0. The molecule has 0 fully saturated rings. The third-order valence-corrected chi connectivity index (χ3v) is 8.25. The van der Waals surface area contributed by atoms with Crippen molar-refractivity contribution in [3.05, 3.63) is 95.0 Å². The predicted molar refractivity (Wildman–Crippen MR) is 142 cm³/mol. The number of benzene rings is 3. The zero-order valence-electron chi connectivity index (χ0n) is 19.3. The monoisotopic (exact) mass is 516 g/mol. The minimum Gasteiger partial charge on any atom is -0.354 e. The van der Waals surface area contributed by atoms with Gasteiger partial charge in [-0.1, -0.05) is 67.9 Å². The molecule has 0 aromatic heterocycles. The Kier molecular flexibility index (Phi) is 9.45. The van der Waals surface area contributed by atoms with Crippen LogP contribution in [0, 0.1) is 0 Å². The van der Waals surface area contributed by atoms with Crippen LogP contribution < -0.4 is 9.62 Å². The van der Waals surface area contributed by atoms with E-state index in [0.29, 0.717) is 28.9 Å². The molecule has 0 heterocycles. The first-order chi connectivity index (χ1) is 16.3. The lowest BCUT2D eigenvalue weighted by Gasteiger charge is -2.24. The molecule has 3 rings (SSSR count). The summed E-state index contributed by atoms with van der Waals surface area (Å²) in [7, 11) is -3.90. The first-order valence-corrected chi connectivity index (χ1v) is 14.0. The van der Waals surface area contributed by atoms with E-state index < -0.39 is 10.0 Å². The number of carbonyl (C=O) groups excluding carboxylic acids is 1. The Morgan fingerprint density at radius 1 is 1.00 bits per heavy atom. The molecule has 0 atom stereocenters. The number of nitrogens with one attached hydrogen (secondary N) is 1. The van der Waals surface area contributed by atoms with Gasteiger partial charge in [0.1, 0.15) is 6.54 Å². The molecule has 0 spiro atoms. The minimum atomic E-state index is -3.90. The van der Waals surface area contributed by atoms with E-state index in [4.69, 9.17) is 11.6 Å². The molecule has 0 bridgehead atoms. The maximum absolute atomic E-state index is 13.4. The van der Waals surface area contributed by atoms with Crippen molar-refractivity contribution >= 4 is 45.0 Å². The summed E-state index contributed by atoms with van der Waals surface area (Å²) >= 11 is 7.68. The third-order valence-electron chi connectivity index (χ3n) is 5.19. The van der Waals surface area contributed by atoms with Crippen LogP contribution in [-0.2, 0) is 20.6 Å². The van der Waals surface area contributed by atoms with E-state index >= 15 is 0 Å². The lowest BCUT2D eigenvalue weighted by atomic mass is 10.0. The molecule has 34 heavy (non-hydrogen) atoms. The molecule has 0 aliphatic rings. The van der Waals surface area contributed by atoms with E-state index in [0.717, 1.165) is 16.9 Å². The second-order valence-corrected chi connectivity index (χ2v) is 11.5. The van der Waals surface area contributed by atoms with Crippen LogP contribution in [0.1, 0.15) is 30.9 Å². The zero-order chi connectivity index (χ0) is 24.6.